The molecule has 9 nitrogen and oxygen atoms in total. The average Bonchev–Trinajstić information content (AvgIpc) is 1.14. The first-order chi connectivity index (χ1) is 48.6. The highest BCUT2D eigenvalue weighted by Gasteiger charge is 2.22. The topological polar surface area (TPSA) is 111 Å². The van der Waals surface area contributed by atoms with Crippen LogP contribution in [0.3, 0.4) is 0 Å². The Labute approximate surface area is 611 Å². The maximum atomic E-state index is 13.0. The predicted octanol–water partition coefficient (Wildman–Crippen LogP) is 25.3. The van der Waals surface area contributed by atoms with Crippen LogP contribution in [0.5, 0.6) is 0 Å². The number of hydrogen-bond donors (Lipinski definition) is 0. The van der Waals surface area contributed by atoms with Crippen LogP contribution in [0.2, 0.25) is 0 Å². The Morgan fingerprint density at radius 3 is 0.808 bits per heavy atom. The van der Waals surface area contributed by atoms with E-state index in [4.69, 9.17) is 18.9 Å². The second-order valence-corrected chi connectivity index (χ2v) is 28.3. The van der Waals surface area contributed by atoms with Crippen molar-refractivity contribution >= 4 is 17.9 Å². The maximum Gasteiger partial charge on any atom is 0.306 e. The molecule has 0 aromatic rings. The standard InChI is InChI=1S/C90H153NO8/c1-6-8-10-12-14-16-18-20-22-24-26-28-30-32-34-36-38-40-42-43-44-45-47-49-51-53-55-57-59-61-63-65-67-69-71-73-75-77-79-81-88(93)99-86(85-98-90(89(94)95)96-83-82-91(3,4)5)84-97-87(92)80-78-76-74-72-70-68-66-64-62-60-58-56-54-52-50-48-46-41-39-37-35-33-31-29-27-25-23-21-19-17-15-13-11-9-7-2/h8-11,14-17,20-23,26-29,32-35,38-41,86,90H,6-7,12-13,18-19,24-25,30-31,36-37,42-85H2,1-5H3/b10-8-,11-9-,16-14-,17-15-,22-20-,23-21-,28-26-,29-27-,34-32-,35-33-,40-38-,41-39-. The summed E-state index contributed by atoms with van der Waals surface area (Å²) in [7, 11) is 5.94. The van der Waals surface area contributed by atoms with Crippen LogP contribution in [0.15, 0.2) is 146 Å². The number of carboxylic acids is 1. The molecule has 566 valence electrons. The maximum absolute atomic E-state index is 13.0. The lowest BCUT2D eigenvalue weighted by Crippen LogP contribution is -2.44. The van der Waals surface area contributed by atoms with Crippen molar-refractivity contribution in [2.75, 3.05) is 47.5 Å². The number of hydrogen-bond acceptors (Lipinski definition) is 8. The average molecular weight is 1380 g/mol. The Hall–Kier alpha value is -4.83. The van der Waals surface area contributed by atoms with Gasteiger partial charge in [0.2, 0.25) is 0 Å². The summed E-state index contributed by atoms with van der Waals surface area (Å²) in [5.41, 5.74) is 0. The fraction of sp³-hybridized carbons (Fsp3) is 0.700. The van der Waals surface area contributed by atoms with Gasteiger partial charge in [-0.05, 0) is 116 Å². The molecule has 0 bridgehead atoms. The van der Waals surface area contributed by atoms with Crippen LogP contribution < -0.4 is 5.11 Å². The van der Waals surface area contributed by atoms with Gasteiger partial charge in [-0.15, -0.1) is 0 Å². The Morgan fingerprint density at radius 2 is 0.545 bits per heavy atom. The molecule has 9 heteroatoms. The molecule has 0 aliphatic carbocycles. The zero-order chi connectivity index (χ0) is 71.8. The smallest absolute Gasteiger partial charge is 0.306 e. The summed E-state index contributed by atoms with van der Waals surface area (Å²) in [6, 6.07) is 0. The number of carbonyl (C=O) groups is 3. The molecular weight excluding hydrogens is 1220 g/mol. The fourth-order valence-electron chi connectivity index (χ4n) is 11.4. The molecule has 0 radical (unpaired) electrons. The second-order valence-electron chi connectivity index (χ2n) is 28.3. The van der Waals surface area contributed by atoms with Gasteiger partial charge in [0.1, 0.15) is 13.2 Å². The molecular formula is C90H153NO8. The van der Waals surface area contributed by atoms with Crippen LogP contribution in [-0.2, 0) is 33.3 Å². The summed E-state index contributed by atoms with van der Waals surface area (Å²) in [5.74, 6) is -2.27. The van der Waals surface area contributed by atoms with Gasteiger partial charge >= 0.3 is 11.9 Å². The highest BCUT2D eigenvalue weighted by atomic mass is 16.7. The molecule has 2 unspecified atom stereocenters. The van der Waals surface area contributed by atoms with E-state index in [2.05, 4.69) is 160 Å². The first-order valence-electron chi connectivity index (χ1n) is 41.0. The van der Waals surface area contributed by atoms with Gasteiger partial charge in [0.05, 0.1) is 40.3 Å². The summed E-state index contributed by atoms with van der Waals surface area (Å²) >= 11 is 0. The third-order valence-electron chi connectivity index (χ3n) is 17.6. The number of likely N-dealkylation sites (N-methyl/N-ethyl adjacent to an activating group) is 1. The first-order valence-corrected chi connectivity index (χ1v) is 41.0. The number of quaternary nitrogens is 1. The highest BCUT2D eigenvalue weighted by Crippen LogP contribution is 2.19. The van der Waals surface area contributed by atoms with Crippen molar-refractivity contribution in [3.63, 3.8) is 0 Å². The molecule has 2 atom stereocenters. The Balaban J connectivity index is 4.01. The number of aliphatic carboxylic acids is 1. The van der Waals surface area contributed by atoms with Gasteiger partial charge in [-0.2, -0.15) is 0 Å². The van der Waals surface area contributed by atoms with Crippen LogP contribution in [0, 0.1) is 0 Å². The minimum Gasteiger partial charge on any atom is -0.545 e. The Bertz CT molecular complexity index is 2150. The van der Waals surface area contributed by atoms with Gasteiger partial charge < -0.3 is 33.3 Å². The third kappa shape index (κ3) is 80.4. The van der Waals surface area contributed by atoms with E-state index in [1.807, 2.05) is 21.1 Å². The molecule has 0 aromatic carbocycles. The molecule has 0 amide bonds. The zero-order valence-corrected chi connectivity index (χ0v) is 64.8. The molecule has 99 heavy (non-hydrogen) atoms. The van der Waals surface area contributed by atoms with E-state index < -0.39 is 24.3 Å². The lowest BCUT2D eigenvalue weighted by molar-refractivity contribution is -0.870. The van der Waals surface area contributed by atoms with E-state index in [-0.39, 0.29) is 38.6 Å². The van der Waals surface area contributed by atoms with Crippen molar-refractivity contribution in [3.05, 3.63) is 146 Å². The first kappa shape index (κ1) is 94.2. The van der Waals surface area contributed by atoms with Crippen molar-refractivity contribution < 1.29 is 42.9 Å². The van der Waals surface area contributed by atoms with E-state index in [1.165, 1.54) is 205 Å². The van der Waals surface area contributed by atoms with Crippen molar-refractivity contribution in [1.29, 1.82) is 0 Å². The summed E-state index contributed by atoms with van der Waals surface area (Å²) < 4.78 is 22.9. The molecule has 0 aliphatic rings. The molecule has 0 aromatic heterocycles. The van der Waals surface area contributed by atoms with Gasteiger partial charge in [0, 0.05) is 12.8 Å². The monoisotopic (exact) mass is 1380 g/mol. The summed E-state index contributed by atoms with van der Waals surface area (Å²) in [4.78, 5) is 37.6. The van der Waals surface area contributed by atoms with Gasteiger partial charge in [-0.3, -0.25) is 9.59 Å². The molecule has 0 aliphatic heterocycles. The van der Waals surface area contributed by atoms with Crippen LogP contribution in [0.1, 0.15) is 348 Å². The third-order valence-corrected chi connectivity index (χ3v) is 17.6. The zero-order valence-electron chi connectivity index (χ0n) is 64.8. The summed E-state index contributed by atoms with van der Waals surface area (Å²) in [6.45, 7) is 4.55. The van der Waals surface area contributed by atoms with Gasteiger partial charge in [-0.1, -0.05) is 365 Å². The number of carboxylic acid groups (broad SMARTS) is 1. The second kappa shape index (κ2) is 78.9. The van der Waals surface area contributed by atoms with E-state index >= 15 is 0 Å². The summed E-state index contributed by atoms with van der Waals surface area (Å²) in [6.07, 6.45) is 113. The van der Waals surface area contributed by atoms with E-state index in [9.17, 15) is 19.5 Å². The SMILES string of the molecule is CC/C=C\C/C=C\C/C=C\C/C=C\C/C=C\C/C=C\CCCCCCCCCCCCCCCCCCCCCCC(=O)OC(COC(=O)CCCCCCCCCCCCCCCCCC/C=C\C/C=C\C/C=C\C/C=C\C/C=C\C/C=C\CC)COC(OCC[N+](C)(C)C)C(=O)[O-]. The van der Waals surface area contributed by atoms with E-state index in [1.54, 1.807) is 0 Å². The molecule has 0 spiro atoms. The van der Waals surface area contributed by atoms with Crippen molar-refractivity contribution in [1.82, 2.24) is 0 Å². The predicted molar refractivity (Wildman–Crippen MR) is 426 cm³/mol. The molecule has 0 saturated heterocycles. The number of rotatable bonds is 75. The quantitative estimate of drug-likeness (QED) is 0.0195. The van der Waals surface area contributed by atoms with Gasteiger partial charge in [0.25, 0.3) is 0 Å². The van der Waals surface area contributed by atoms with Crippen LogP contribution in [-0.4, -0.2) is 82.3 Å². The molecule has 0 fully saturated rings. The minimum absolute atomic E-state index is 0.145. The van der Waals surface area contributed by atoms with Crippen molar-refractivity contribution in [2.45, 2.75) is 360 Å². The largest absolute Gasteiger partial charge is 0.545 e. The van der Waals surface area contributed by atoms with Crippen LogP contribution in [0.4, 0.5) is 0 Å². The Kier molecular flexibility index (Phi) is 75.0. The fourth-order valence-corrected chi connectivity index (χ4v) is 11.4. The van der Waals surface area contributed by atoms with E-state index in [0.29, 0.717) is 17.4 Å². The van der Waals surface area contributed by atoms with Crippen LogP contribution in [0.25, 0.3) is 0 Å². The summed E-state index contributed by atoms with van der Waals surface area (Å²) in [5, 5.41) is 11.9. The molecule has 0 N–H and O–H groups in total. The number of allylic oxidation sites excluding steroid dienone is 24. The molecule has 0 heterocycles. The number of ether oxygens (including phenoxy) is 4. The van der Waals surface area contributed by atoms with Gasteiger partial charge in [0.15, 0.2) is 12.4 Å². The minimum atomic E-state index is -1.63. The van der Waals surface area contributed by atoms with Crippen molar-refractivity contribution in [3.8, 4) is 0 Å². The van der Waals surface area contributed by atoms with Gasteiger partial charge in [-0.25, -0.2) is 0 Å². The number of esters is 2. The number of carbonyl (C=O) groups excluding carboxylic acids is 3. The lowest BCUT2D eigenvalue weighted by atomic mass is 10.0. The highest BCUT2D eigenvalue weighted by molar-refractivity contribution is 5.70. The van der Waals surface area contributed by atoms with Crippen LogP contribution >= 0.6 is 0 Å². The number of unbranched alkanes of at least 4 members (excludes halogenated alkanes) is 36. The van der Waals surface area contributed by atoms with Crippen molar-refractivity contribution in [2.24, 2.45) is 0 Å². The number of nitrogens with zero attached hydrogens (tertiary/aromatic N) is 1. The van der Waals surface area contributed by atoms with E-state index in [0.717, 1.165) is 109 Å². The Morgan fingerprint density at radius 1 is 0.303 bits per heavy atom. The molecule has 0 saturated carbocycles. The normalized spacial score (nSPS) is 13.4. The molecule has 0 rings (SSSR count). The lowest BCUT2D eigenvalue weighted by Gasteiger charge is -2.26.